The predicted molar refractivity (Wildman–Crippen MR) is 69.5 cm³/mol. The van der Waals surface area contributed by atoms with Gasteiger partial charge in [0.15, 0.2) is 0 Å². The lowest BCUT2D eigenvalue weighted by molar-refractivity contribution is 0.398. The fraction of sp³-hybridized carbons (Fsp3) is 0.583. The Morgan fingerprint density at radius 2 is 2.44 bits per heavy atom. The van der Waals surface area contributed by atoms with Crippen LogP contribution in [0, 0.1) is 5.92 Å². The molecular formula is C12H17BrN2O. The van der Waals surface area contributed by atoms with E-state index in [0.29, 0.717) is 5.88 Å². The van der Waals surface area contributed by atoms with Crippen molar-refractivity contribution >= 4 is 21.7 Å². The molecule has 4 heteroatoms. The van der Waals surface area contributed by atoms with E-state index in [1.165, 1.54) is 12.8 Å². The maximum absolute atomic E-state index is 5.14. The predicted octanol–water partition coefficient (Wildman–Crippen LogP) is 2.70. The van der Waals surface area contributed by atoms with E-state index in [0.717, 1.165) is 30.2 Å². The second-order valence-electron chi connectivity index (χ2n) is 4.12. The number of rotatable bonds is 4. The van der Waals surface area contributed by atoms with Crippen molar-refractivity contribution in [1.29, 1.82) is 0 Å². The van der Waals surface area contributed by atoms with Crippen LogP contribution in [0.3, 0.4) is 0 Å². The third-order valence-corrected chi connectivity index (χ3v) is 3.50. The van der Waals surface area contributed by atoms with Crippen molar-refractivity contribution < 1.29 is 4.74 Å². The van der Waals surface area contributed by atoms with E-state index in [2.05, 4.69) is 31.9 Å². The Morgan fingerprint density at radius 1 is 1.56 bits per heavy atom. The molecule has 1 unspecified atom stereocenters. The third kappa shape index (κ3) is 2.67. The fourth-order valence-electron chi connectivity index (χ4n) is 2.12. The highest BCUT2D eigenvalue weighted by Gasteiger charge is 2.22. The molecule has 1 fully saturated rings. The molecule has 3 nitrogen and oxygen atoms in total. The Balaban J connectivity index is 2.02. The molecule has 0 radical (unpaired) electrons. The first-order valence-corrected chi connectivity index (χ1v) is 6.77. The molecule has 16 heavy (non-hydrogen) atoms. The summed E-state index contributed by atoms with van der Waals surface area (Å²) in [5, 5.41) is 1.09. The molecule has 1 saturated heterocycles. The topological polar surface area (TPSA) is 25.4 Å². The van der Waals surface area contributed by atoms with Crippen molar-refractivity contribution in [2.45, 2.75) is 12.8 Å². The normalized spacial score (nSPS) is 20.1. The van der Waals surface area contributed by atoms with Crippen molar-refractivity contribution in [2.75, 3.05) is 30.4 Å². The Bertz CT molecular complexity index is 346. The monoisotopic (exact) mass is 284 g/mol. The van der Waals surface area contributed by atoms with Gasteiger partial charge in [0.25, 0.3) is 0 Å². The van der Waals surface area contributed by atoms with Gasteiger partial charge >= 0.3 is 0 Å². The van der Waals surface area contributed by atoms with Gasteiger partial charge in [0.1, 0.15) is 5.82 Å². The Labute approximate surface area is 105 Å². The summed E-state index contributed by atoms with van der Waals surface area (Å²) in [7, 11) is 1.66. The minimum Gasteiger partial charge on any atom is -0.481 e. The molecule has 0 spiro atoms. The molecule has 1 aliphatic heterocycles. The van der Waals surface area contributed by atoms with Crippen LogP contribution in [-0.4, -0.2) is 30.5 Å². The summed E-state index contributed by atoms with van der Waals surface area (Å²) in [5.41, 5.74) is 0. The van der Waals surface area contributed by atoms with Crippen LogP contribution in [0.5, 0.6) is 5.88 Å². The summed E-state index contributed by atoms with van der Waals surface area (Å²) < 4.78 is 5.14. The lowest BCUT2D eigenvalue weighted by Crippen LogP contribution is -2.20. The van der Waals surface area contributed by atoms with E-state index in [1.807, 2.05) is 12.1 Å². The van der Waals surface area contributed by atoms with Gasteiger partial charge in [0, 0.05) is 24.5 Å². The molecule has 2 heterocycles. The van der Waals surface area contributed by atoms with E-state index in [1.54, 1.807) is 7.11 Å². The van der Waals surface area contributed by atoms with E-state index in [9.17, 15) is 0 Å². The number of ether oxygens (including phenoxy) is 1. The number of alkyl halides is 1. The Hall–Kier alpha value is -0.770. The summed E-state index contributed by atoms with van der Waals surface area (Å²) in [4.78, 5) is 6.80. The zero-order chi connectivity index (χ0) is 11.4. The minimum absolute atomic E-state index is 0.696. The number of anilines is 1. The van der Waals surface area contributed by atoms with Gasteiger partial charge in [-0.25, -0.2) is 0 Å². The van der Waals surface area contributed by atoms with Crippen LogP contribution in [0.25, 0.3) is 0 Å². The van der Waals surface area contributed by atoms with Crippen LogP contribution in [0.1, 0.15) is 12.8 Å². The summed E-state index contributed by atoms with van der Waals surface area (Å²) >= 11 is 3.50. The number of halogens is 1. The average molecular weight is 285 g/mol. The maximum Gasteiger partial charge on any atom is 0.214 e. The van der Waals surface area contributed by atoms with Crippen LogP contribution >= 0.6 is 15.9 Å². The SMILES string of the molecule is COc1cccc(N2CCC(CCBr)C2)n1. The standard InChI is InChI=1S/C12H17BrN2O/c1-16-12-4-2-3-11(14-12)15-8-6-10(9-15)5-7-13/h2-4,10H,5-9H2,1H3. The van der Waals surface area contributed by atoms with Gasteiger partial charge in [0.05, 0.1) is 7.11 Å². The van der Waals surface area contributed by atoms with Crippen molar-refractivity contribution in [2.24, 2.45) is 5.92 Å². The maximum atomic E-state index is 5.14. The van der Waals surface area contributed by atoms with Crippen molar-refractivity contribution in [3.05, 3.63) is 18.2 Å². The molecule has 0 aromatic carbocycles. The molecule has 0 saturated carbocycles. The van der Waals surface area contributed by atoms with Crippen LogP contribution in [0.15, 0.2) is 18.2 Å². The molecule has 1 aromatic rings. The zero-order valence-corrected chi connectivity index (χ0v) is 11.1. The smallest absolute Gasteiger partial charge is 0.214 e. The molecule has 1 atom stereocenters. The van der Waals surface area contributed by atoms with Gasteiger partial charge in [-0.2, -0.15) is 4.98 Å². The van der Waals surface area contributed by atoms with Crippen molar-refractivity contribution in [3.8, 4) is 5.88 Å². The van der Waals surface area contributed by atoms with Gasteiger partial charge in [-0.15, -0.1) is 0 Å². The molecule has 0 amide bonds. The number of pyridine rings is 1. The summed E-state index contributed by atoms with van der Waals surface area (Å²) in [6.45, 7) is 2.23. The highest BCUT2D eigenvalue weighted by Crippen LogP contribution is 2.25. The lowest BCUT2D eigenvalue weighted by atomic mass is 10.1. The van der Waals surface area contributed by atoms with Crippen LogP contribution in [0.2, 0.25) is 0 Å². The number of nitrogens with zero attached hydrogens (tertiary/aromatic N) is 2. The minimum atomic E-state index is 0.696. The molecule has 1 aliphatic rings. The Kier molecular flexibility index (Phi) is 4.04. The Morgan fingerprint density at radius 3 is 3.19 bits per heavy atom. The number of hydrogen-bond donors (Lipinski definition) is 0. The van der Waals surface area contributed by atoms with Crippen LogP contribution in [-0.2, 0) is 0 Å². The van der Waals surface area contributed by atoms with Crippen molar-refractivity contribution in [3.63, 3.8) is 0 Å². The average Bonchev–Trinajstić information content (AvgIpc) is 2.78. The highest BCUT2D eigenvalue weighted by molar-refractivity contribution is 9.09. The van der Waals surface area contributed by atoms with Gasteiger partial charge in [-0.3, -0.25) is 0 Å². The van der Waals surface area contributed by atoms with E-state index < -0.39 is 0 Å². The zero-order valence-electron chi connectivity index (χ0n) is 9.53. The van der Waals surface area contributed by atoms with Gasteiger partial charge < -0.3 is 9.64 Å². The molecular weight excluding hydrogens is 268 g/mol. The van der Waals surface area contributed by atoms with E-state index in [-0.39, 0.29) is 0 Å². The fourth-order valence-corrected chi connectivity index (χ4v) is 2.77. The first-order chi connectivity index (χ1) is 7.83. The second kappa shape index (κ2) is 5.53. The molecule has 1 aromatic heterocycles. The van der Waals surface area contributed by atoms with Gasteiger partial charge in [-0.05, 0) is 24.8 Å². The van der Waals surface area contributed by atoms with E-state index in [4.69, 9.17) is 4.74 Å². The third-order valence-electron chi connectivity index (χ3n) is 3.05. The first kappa shape index (κ1) is 11.7. The quantitative estimate of drug-likeness (QED) is 0.795. The molecule has 2 rings (SSSR count). The summed E-state index contributed by atoms with van der Waals surface area (Å²) in [6.07, 6.45) is 2.52. The molecule has 0 bridgehead atoms. The highest BCUT2D eigenvalue weighted by atomic mass is 79.9. The number of hydrogen-bond acceptors (Lipinski definition) is 3. The summed E-state index contributed by atoms with van der Waals surface area (Å²) in [5.74, 6) is 2.53. The molecule has 88 valence electrons. The summed E-state index contributed by atoms with van der Waals surface area (Å²) in [6, 6.07) is 5.94. The van der Waals surface area contributed by atoms with Crippen LogP contribution < -0.4 is 9.64 Å². The first-order valence-electron chi connectivity index (χ1n) is 5.65. The lowest BCUT2D eigenvalue weighted by Gasteiger charge is -2.17. The second-order valence-corrected chi connectivity index (χ2v) is 4.91. The van der Waals surface area contributed by atoms with Gasteiger partial charge in [0.2, 0.25) is 5.88 Å². The van der Waals surface area contributed by atoms with E-state index >= 15 is 0 Å². The number of aromatic nitrogens is 1. The molecule has 0 aliphatic carbocycles. The van der Waals surface area contributed by atoms with Crippen molar-refractivity contribution in [1.82, 2.24) is 4.98 Å². The molecule has 0 N–H and O–H groups in total. The largest absolute Gasteiger partial charge is 0.481 e. The number of methoxy groups -OCH3 is 1. The van der Waals surface area contributed by atoms with Gasteiger partial charge in [-0.1, -0.05) is 22.0 Å². The van der Waals surface area contributed by atoms with Crippen LogP contribution in [0.4, 0.5) is 5.82 Å².